The molecule has 0 unspecified atom stereocenters. The number of hydrogen-bond donors (Lipinski definition) is 1. The Morgan fingerprint density at radius 1 is 1.16 bits per heavy atom. The number of halogens is 1. The molecular weight excluding hydrogens is 429 g/mol. The molecule has 1 heterocycles. The minimum absolute atomic E-state index is 0.104. The van der Waals surface area contributed by atoms with Gasteiger partial charge in [-0.05, 0) is 43.7 Å². The predicted molar refractivity (Wildman–Crippen MR) is 124 cm³/mol. The molecule has 0 radical (unpaired) electrons. The third-order valence-corrected chi connectivity index (χ3v) is 5.65. The molecule has 7 nitrogen and oxygen atoms in total. The molecule has 0 bridgehead atoms. The Kier molecular flexibility index (Phi) is 7.99. The van der Waals surface area contributed by atoms with Crippen molar-refractivity contribution in [1.29, 1.82) is 0 Å². The molecule has 9 heteroatoms. The number of likely N-dealkylation sites (N-methyl/N-ethyl adjacent to an activating group) is 1. The van der Waals surface area contributed by atoms with Crippen molar-refractivity contribution in [3.8, 4) is 11.4 Å². The van der Waals surface area contributed by atoms with E-state index in [1.165, 1.54) is 40.9 Å². The summed E-state index contributed by atoms with van der Waals surface area (Å²) in [6.07, 6.45) is 0.905. The lowest BCUT2D eigenvalue weighted by Gasteiger charge is -2.17. The summed E-state index contributed by atoms with van der Waals surface area (Å²) in [6.45, 7) is 4.74. The van der Waals surface area contributed by atoms with E-state index in [2.05, 4.69) is 28.5 Å². The minimum atomic E-state index is -0.381. The zero-order valence-electron chi connectivity index (χ0n) is 18.3. The number of thioether (sulfide) groups is 1. The van der Waals surface area contributed by atoms with Crippen molar-refractivity contribution in [3.05, 3.63) is 59.9 Å². The number of nitrogens with one attached hydrogen (secondary N) is 1. The van der Waals surface area contributed by atoms with Crippen LogP contribution in [0.2, 0.25) is 0 Å². The standard InChI is InChI=1S/C23H26FN5O2S/c1-4-12-29-22(17-7-5-6-16(2)13-17)26-27-23(29)32-15-21(31)28(3)14-20(30)25-19-10-8-18(24)9-11-19/h5-11,13H,4,12,14-15H2,1-3H3,(H,25,30). The number of aryl methyl sites for hydroxylation is 1. The van der Waals surface area contributed by atoms with Crippen LogP contribution in [0.25, 0.3) is 11.4 Å². The van der Waals surface area contributed by atoms with E-state index in [-0.39, 0.29) is 29.9 Å². The van der Waals surface area contributed by atoms with E-state index in [9.17, 15) is 14.0 Å². The smallest absolute Gasteiger partial charge is 0.243 e. The van der Waals surface area contributed by atoms with Gasteiger partial charge in [0, 0.05) is 24.8 Å². The van der Waals surface area contributed by atoms with Crippen LogP contribution in [0.1, 0.15) is 18.9 Å². The molecule has 0 atom stereocenters. The fraction of sp³-hybridized carbons (Fsp3) is 0.304. The Balaban J connectivity index is 1.60. The van der Waals surface area contributed by atoms with E-state index in [1.807, 2.05) is 29.7 Å². The number of nitrogens with zero attached hydrogens (tertiary/aromatic N) is 4. The summed E-state index contributed by atoms with van der Waals surface area (Å²) in [7, 11) is 1.57. The van der Waals surface area contributed by atoms with Gasteiger partial charge in [-0.2, -0.15) is 0 Å². The number of amides is 2. The van der Waals surface area contributed by atoms with Crippen LogP contribution in [-0.4, -0.2) is 50.8 Å². The summed E-state index contributed by atoms with van der Waals surface area (Å²) in [5.41, 5.74) is 2.60. The molecule has 1 aromatic heterocycles. The van der Waals surface area contributed by atoms with E-state index >= 15 is 0 Å². The lowest BCUT2D eigenvalue weighted by molar-refractivity contribution is -0.131. The van der Waals surface area contributed by atoms with Crippen LogP contribution in [0.4, 0.5) is 10.1 Å². The number of rotatable bonds is 9. The number of aromatic nitrogens is 3. The van der Waals surface area contributed by atoms with E-state index in [1.54, 1.807) is 7.05 Å². The van der Waals surface area contributed by atoms with Crippen LogP contribution in [-0.2, 0) is 16.1 Å². The first-order chi connectivity index (χ1) is 15.4. The third-order valence-electron chi connectivity index (χ3n) is 4.70. The van der Waals surface area contributed by atoms with Gasteiger partial charge in [0.05, 0.1) is 12.3 Å². The molecule has 0 saturated carbocycles. The van der Waals surface area contributed by atoms with Crippen LogP contribution in [0.5, 0.6) is 0 Å². The average Bonchev–Trinajstić information content (AvgIpc) is 3.16. The summed E-state index contributed by atoms with van der Waals surface area (Å²) < 4.78 is 15.0. The fourth-order valence-electron chi connectivity index (χ4n) is 3.09. The van der Waals surface area contributed by atoms with Gasteiger partial charge in [0.1, 0.15) is 5.82 Å². The molecule has 168 valence electrons. The van der Waals surface area contributed by atoms with Gasteiger partial charge in [0.2, 0.25) is 11.8 Å². The fourth-order valence-corrected chi connectivity index (χ4v) is 4.00. The van der Waals surface area contributed by atoms with E-state index in [4.69, 9.17) is 0 Å². The van der Waals surface area contributed by atoms with Crippen molar-refractivity contribution in [2.45, 2.75) is 32.0 Å². The number of benzene rings is 2. The Labute approximate surface area is 191 Å². The first-order valence-corrected chi connectivity index (χ1v) is 11.3. The monoisotopic (exact) mass is 455 g/mol. The van der Waals surface area contributed by atoms with Gasteiger partial charge < -0.3 is 14.8 Å². The highest BCUT2D eigenvalue weighted by Crippen LogP contribution is 2.25. The largest absolute Gasteiger partial charge is 0.336 e. The second-order valence-corrected chi connectivity index (χ2v) is 8.36. The van der Waals surface area contributed by atoms with Gasteiger partial charge >= 0.3 is 0 Å². The van der Waals surface area contributed by atoms with Crippen molar-refractivity contribution >= 4 is 29.3 Å². The Hall–Kier alpha value is -3.20. The van der Waals surface area contributed by atoms with Gasteiger partial charge in [-0.15, -0.1) is 10.2 Å². The molecule has 32 heavy (non-hydrogen) atoms. The van der Waals surface area contributed by atoms with Crippen molar-refractivity contribution in [1.82, 2.24) is 19.7 Å². The zero-order chi connectivity index (χ0) is 23.1. The van der Waals surface area contributed by atoms with Crippen LogP contribution < -0.4 is 5.32 Å². The first kappa shape index (κ1) is 23.5. The molecule has 3 aromatic rings. The molecule has 3 rings (SSSR count). The molecule has 0 aliphatic carbocycles. The maximum atomic E-state index is 13.0. The molecular formula is C23H26FN5O2S. The number of anilines is 1. The third kappa shape index (κ3) is 6.16. The van der Waals surface area contributed by atoms with Gasteiger partial charge in [-0.1, -0.05) is 42.4 Å². The Bertz CT molecular complexity index is 1080. The summed E-state index contributed by atoms with van der Waals surface area (Å²) in [5.74, 6) is -0.0252. The lowest BCUT2D eigenvalue weighted by Crippen LogP contribution is -2.36. The van der Waals surface area contributed by atoms with Crippen molar-refractivity contribution < 1.29 is 14.0 Å². The molecule has 0 aliphatic heterocycles. The molecule has 2 amide bonds. The summed E-state index contributed by atoms with van der Waals surface area (Å²) >= 11 is 1.30. The topological polar surface area (TPSA) is 80.1 Å². The zero-order valence-corrected chi connectivity index (χ0v) is 19.2. The quantitative estimate of drug-likeness (QED) is 0.494. The first-order valence-electron chi connectivity index (χ1n) is 10.3. The van der Waals surface area contributed by atoms with Crippen LogP contribution in [0.3, 0.4) is 0 Å². The predicted octanol–water partition coefficient (Wildman–Crippen LogP) is 3.99. The number of hydrogen-bond acceptors (Lipinski definition) is 5. The molecule has 0 spiro atoms. The highest BCUT2D eigenvalue weighted by molar-refractivity contribution is 7.99. The Morgan fingerprint density at radius 2 is 1.91 bits per heavy atom. The molecule has 0 saturated heterocycles. The highest BCUT2D eigenvalue weighted by Gasteiger charge is 2.18. The maximum Gasteiger partial charge on any atom is 0.243 e. The second kappa shape index (κ2) is 10.9. The van der Waals surface area contributed by atoms with E-state index in [0.717, 1.165) is 29.9 Å². The van der Waals surface area contributed by atoms with Gasteiger partial charge in [-0.3, -0.25) is 9.59 Å². The van der Waals surface area contributed by atoms with Crippen molar-refractivity contribution in [2.75, 3.05) is 24.7 Å². The van der Waals surface area contributed by atoms with Crippen LogP contribution in [0.15, 0.2) is 53.7 Å². The van der Waals surface area contributed by atoms with Crippen molar-refractivity contribution in [2.24, 2.45) is 0 Å². The van der Waals surface area contributed by atoms with Crippen LogP contribution >= 0.6 is 11.8 Å². The van der Waals surface area contributed by atoms with Gasteiger partial charge in [0.15, 0.2) is 11.0 Å². The SMILES string of the molecule is CCCn1c(SCC(=O)N(C)CC(=O)Nc2ccc(F)cc2)nnc1-c1cccc(C)c1. The number of carbonyl (C=O) groups excluding carboxylic acids is 2. The van der Waals surface area contributed by atoms with E-state index in [0.29, 0.717) is 10.8 Å². The molecule has 0 fully saturated rings. The van der Waals surface area contributed by atoms with Crippen LogP contribution in [0, 0.1) is 12.7 Å². The highest BCUT2D eigenvalue weighted by atomic mass is 32.2. The molecule has 0 aliphatic rings. The Morgan fingerprint density at radius 3 is 2.59 bits per heavy atom. The van der Waals surface area contributed by atoms with Crippen molar-refractivity contribution in [3.63, 3.8) is 0 Å². The minimum Gasteiger partial charge on any atom is -0.336 e. The molecule has 2 aromatic carbocycles. The lowest BCUT2D eigenvalue weighted by atomic mass is 10.1. The maximum absolute atomic E-state index is 13.0. The summed E-state index contributed by atoms with van der Waals surface area (Å²) in [4.78, 5) is 26.1. The average molecular weight is 456 g/mol. The normalized spacial score (nSPS) is 10.8. The van der Waals surface area contributed by atoms with Gasteiger partial charge in [-0.25, -0.2) is 4.39 Å². The summed E-state index contributed by atoms with van der Waals surface area (Å²) in [5, 5.41) is 12.0. The summed E-state index contributed by atoms with van der Waals surface area (Å²) in [6, 6.07) is 13.5. The van der Waals surface area contributed by atoms with E-state index < -0.39 is 0 Å². The number of carbonyl (C=O) groups is 2. The second-order valence-electron chi connectivity index (χ2n) is 7.42. The van der Waals surface area contributed by atoms with Gasteiger partial charge in [0.25, 0.3) is 0 Å². The molecule has 1 N–H and O–H groups in total.